The Labute approximate surface area is 222 Å². The van der Waals surface area contributed by atoms with Gasteiger partial charge in [-0.2, -0.15) is 0 Å². The first-order chi connectivity index (χ1) is 18.6. The van der Waals surface area contributed by atoms with E-state index in [9.17, 15) is 4.79 Å². The lowest BCUT2D eigenvalue weighted by molar-refractivity contribution is 0.145. The van der Waals surface area contributed by atoms with E-state index in [1.54, 1.807) is 0 Å². The number of nitrogens with one attached hydrogen (secondary N) is 2. The molecular formula is C31H31N5O2. The largest absolute Gasteiger partial charge is 0.457 e. The Bertz CT molecular complexity index is 1480. The SMILES string of the molecule is CN1C[C@H]2C[C@H](C1)c1ccc(N=C(Nc3ccccc3)Nc3ccc(Oc4ccccc4)cc3)c(=O)n1C2. The number of ether oxygens (including phenoxy) is 1. The number of likely N-dealkylation sites (tertiary alicyclic amines) is 1. The van der Waals surface area contributed by atoms with Crippen LogP contribution in [0.2, 0.25) is 0 Å². The van der Waals surface area contributed by atoms with Crippen molar-refractivity contribution in [3.8, 4) is 11.5 Å². The maximum absolute atomic E-state index is 13.6. The lowest BCUT2D eigenvalue weighted by atomic mass is 9.83. The number of guanidine groups is 1. The maximum Gasteiger partial charge on any atom is 0.276 e. The second-order valence-corrected chi connectivity index (χ2v) is 10.1. The Morgan fingerprint density at radius 1 is 0.789 bits per heavy atom. The molecule has 7 nitrogen and oxygen atoms in total. The Kier molecular flexibility index (Phi) is 6.67. The molecule has 0 unspecified atom stereocenters. The summed E-state index contributed by atoms with van der Waals surface area (Å²) in [5, 5.41) is 6.68. The third-order valence-corrected chi connectivity index (χ3v) is 7.13. The van der Waals surface area contributed by atoms with E-state index in [1.165, 1.54) is 0 Å². The number of para-hydroxylation sites is 2. The van der Waals surface area contributed by atoms with E-state index >= 15 is 0 Å². The number of fused-ring (bicyclic) bond motifs is 4. The Hall–Kier alpha value is -4.36. The number of benzene rings is 3. The molecule has 192 valence electrons. The highest BCUT2D eigenvalue weighted by atomic mass is 16.5. The maximum atomic E-state index is 13.6. The minimum atomic E-state index is -0.0393. The van der Waals surface area contributed by atoms with Gasteiger partial charge in [0.05, 0.1) is 0 Å². The lowest BCUT2D eigenvalue weighted by Gasteiger charge is -2.41. The van der Waals surface area contributed by atoms with Crippen LogP contribution in [0, 0.1) is 5.92 Å². The van der Waals surface area contributed by atoms with Crippen molar-refractivity contribution < 1.29 is 4.74 Å². The van der Waals surface area contributed by atoms with Crippen molar-refractivity contribution in [2.24, 2.45) is 10.9 Å². The van der Waals surface area contributed by atoms with Crippen LogP contribution in [0.25, 0.3) is 0 Å². The summed E-state index contributed by atoms with van der Waals surface area (Å²) in [6.45, 7) is 2.77. The zero-order valence-corrected chi connectivity index (χ0v) is 21.4. The first-order valence-electron chi connectivity index (χ1n) is 13.0. The van der Waals surface area contributed by atoms with E-state index in [-0.39, 0.29) is 5.56 Å². The van der Waals surface area contributed by atoms with E-state index in [0.29, 0.717) is 23.5 Å². The van der Waals surface area contributed by atoms with Crippen molar-refractivity contribution in [3.05, 3.63) is 113 Å². The molecule has 2 atom stereocenters. The number of rotatable bonds is 5. The van der Waals surface area contributed by atoms with Crippen LogP contribution in [-0.4, -0.2) is 35.6 Å². The fourth-order valence-electron chi connectivity index (χ4n) is 5.49. The smallest absolute Gasteiger partial charge is 0.276 e. The van der Waals surface area contributed by atoms with Crippen LogP contribution in [0.5, 0.6) is 11.5 Å². The molecule has 0 spiro atoms. The summed E-state index contributed by atoms with van der Waals surface area (Å²) in [5.41, 5.74) is 3.19. The van der Waals surface area contributed by atoms with Gasteiger partial charge in [0.2, 0.25) is 5.96 Å². The van der Waals surface area contributed by atoms with E-state index < -0.39 is 0 Å². The highest BCUT2D eigenvalue weighted by Crippen LogP contribution is 2.35. The van der Waals surface area contributed by atoms with Crippen molar-refractivity contribution in [1.29, 1.82) is 0 Å². The van der Waals surface area contributed by atoms with E-state index in [2.05, 4.69) is 28.6 Å². The lowest BCUT2D eigenvalue weighted by Crippen LogP contribution is -2.45. The molecule has 2 aliphatic rings. The molecule has 3 aromatic carbocycles. The van der Waals surface area contributed by atoms with Gasteiger partial charge in [0, 0.05) is 42.6 Å². The third-order valence-electron chi connectivity index (χ3n) is 7.13. The number of hydrogen-bond acceptors (Lipinski definition) is 4. The monoisotopic (exact) mass is 505 g/mol. The molecule has 7 heteroatoms. The van der Waals surface area contributed by atoms with Crippen LogP contribution in [0.15, 0.2) is 107 Å². The molecule has 38 heavy (non-hydrogen) atoms. The zero-order chi connectivity index (χ0) is 25.9. The van der Waals surface area contributed by atoms with Crippen molar-refractivity contribution in [2.45, 2.75) is 18.9 Å². The Balaban J connectivity index is 1.28. The first kappa shape index (κ1) is 24.0. The predicted octanol–water partition coefficient (Wildman–Crippen LogP) is 5.90. The number of nitrogens with zero attached hydrogens (tertiary/aromatic N) is 3. The summed E-state index contributed by atoms with van der Waals surface area (Å²) in [6, 6.07) is 31.1. The van der Waals surface area contributed by atoms with E-state index in [0.717, 1.165) is 54.6 Å². The van der Waals surface area contributed by atoms with Crippen molar-refractivity contribution >= 4 is 23.0 Å². The summed E-state index contributed by atoms with van der Waals surface area (Å²) in [4.78, 5) is 20.7. The van der Waals surface area contributed by atoms with Gasteiger partial charge in [0.25, 0.3) is 5.56 Å². The van der Waals surface area contributed by atoms with Gasteiger partial charge in [-0.1, -0.05) is 36.4 Å². The average Bonchev–Trinajstić information content (AvgIpc) is 2.92. The fourth-order valence-corrected chi connectivity index (χ4v) is 5.49. The number of piperidine rings is 1. The molecule has 0 aliphatic carbocycles. The third kappa shape index (κ3) is 5.33. The molecule has 1 saturated heterocycles. The molecule has 4 aromatic rings. The van der Waals surface area contributed by atoms with Crippen molar-refractivity contribution in [2.75, 3.05) is 30.8 Å². The number of pyridine rings is 1. The molecule has 6 rings (SSSR count). The van der Waals surface area contributed by atoms with Crippen LogP contribution in [-0.2, 0) is 6.54 Å². The van der Waals surface area contributed by atoms with Gasteiger partial charge >= 0.3 is 0 Å². The first-order valence-corrected chi connectivity index (χ1v) is 13.0. The molecule has 1 fully saturated rings. The quantitative estimate of drug-likeness (QED) is 0.261. The Morgan fingerprint density at radius 2 is 1.45 bits per heavy atom. The van der Waals surface area contributed by atoms with Gasteiger partial charge in [-0.05, 0) is 80.1 Å². The predicted molar refractivity (Wildman–Crippen MR) is 153 cm³/mol. The molecule has 0 radical (unpaired) electrons. The number of anilines is 2. The summed E-state index contributed by atoms with van der Waals surface area (Å²) in [7, 11) is 2.17. The molecule has 3 heterocycles. The molecule has 2 aliphatic heterocycles. The molecule has 2 bridgehead atoms. The summed E-state index contributed by atoms with van der Waals surface area (Å²) in [5.74, 6) is 2.89. The molecular weight excluding hydrogens is 474 g/mol. The van der Waals surface area contributed by atoms with E-state index in [4.69, 9.17) is 9.73 Å². The molecule has 0 amide bonds. The highest BCUT2D eigenvalue weighted by molar-refractivity contribution is 6.04. The van der Waals surface area contributed by atoms with Crippen molar-refractivity contribution in [3.63, 3.8) is 0 Å². The average molecular weight is 506 g/mol. The minimum absolute atomic E-state index is 0.0393. The number of hydrogen-bond donors (Lipinski definition) is 2. The summed E-state index contributed by atoms with van der Waals surface area (Å²) in [6.07, 6.45) is 1.15. The van der Waals surface area contributed by atoms with Gasteiger partial charge in [-0.15, -0.1) is 0 Å². The van der Waals surface area contributed by atoms with Crippen molar-refractivity contribution in [1.82, 2.24) is 9.47 Å². The van der Waals surface area contributed by atoms with Gasteiger partial charge in [-0.25, -0.2) is 4.99 Å². The van der Waals surface area contributed by atoms with Crippen LogP contribution in [0.4, 0.5) is 17.1 Å². The van der Waals surface area contributed by atoms with Crippen LogP contribution >= 0.6 is 0 Å². The van der Waals surface area contributed by atoms with Gasteiger partial charge in [0.15, 0.2) is 0 Å². The fraction of sp³-hybridized carbons (Fsp3) is 0.226. The zero-order valence-electron chi connectivity index (χ0n) is 21.4. The normalized spacial score (nSPS) is 18.9. The number of aliphatic imine (C=N–C) groups is 1. The summed E-state index contributed by atoms with van der Waals surface area (Å²) >= 11 is 0. The highest BCUT2D eigenvalue weighted by Gasteiger charge is 2.33. The second-order valence-electron chi connectivity index (χ2n) is 10.1. The van der Waals surface area contributed by atoms with Crippen LogP contribution in [0.1, 0.15) is 18.0 Å². The standard InChI is InChI=1S/C31H31N5O2/c1-35-19-22-18-23(21-35)29-17-16-28(30(37)36(29)20-22)34-31(32-24-8-4-2-5-9-24)33-25-12-14-27(15-13-25)38-26-10-6-3-7-11-26/h2-17,22-23H,18-21H2,1H3,(H2,32,33,34)/t22-,23-/m1/s1. The van der Waals surface area contributed by atoms with Crippen LogP contribution < -0.4 is 20.9 Å². The van der Waals surface area contributed by atoms with E-state index in [1.807, 2.05) is 95.6 Å². The topological polar surface area (TPSA) is 70.9 Å². The Morgan fingerprint density at radius 3 is 2.18 bits per heavy atom. The van der Waals surface area contributed by atoms with Gasteiger partial charge in [0.1, 0.15) is 17.2 Å². The molecule has 0 saturated carbocycles. The van der Waals surface area contributed by atoms with Gasteiger partial charge < -0.3 is 24.8 Å². The van der Waals surface area contributed by atoms with Gasteiger partial charge in [-0.3, -0.25) is 4.79 Å². The summed E-state index contributed by atoms with van der Waals surface area (Å²) < 4.78 is 7.86. The number of likely N-dealkylation sites (N-methyl/N-ethyl adjacent to an activating group) is 1. The minimum Gasteiger partial charge on any atom is -0.457 e. The van der Waals surface area contributed by atoms with Crippen LogP contribution in [0.3, 0.4) is 0 Å². The molecule has 1 aromatic heterocycles. The number of aromatic nitrogens is 1. The molecule has 2 N–H and O–H groups in total. The second kappa shape index (κ2) is 10.6.